The van der Waals surface area contributed by atoms with Crippen LogP contribution in [0, 0.1) is 16.7 Å². The number of urea groups is 2. The summed E-state index contributed by atoms with van der Waals surface area (Å²) in [6.45, 7) is 24.2. The smallest absolute Gasteiger partial charge is 0.333 e. The van der Waals surface area contributed by atoms with Crippen LogP contribution in [-0.4, -0.2) is 88.8 Å². The number of hydrazine groups is 1. The lowest BCUT2D eigenvalue weighted by molar-refractivity contribution is -0.153. The second-order valence-electron chi connectivity index (χ2n) is 16.6. The Kier molecular flexibility index (Phi) is 19.6. The Morgan fingerprint density at radius 3 is 1.98 bits per heavy atom. The Hall–Kier alpha value is -4.16. The predicted molar refractivity (Wildman–Crippen MR) is 209 cm³/mol. The van der Waals surface area contributed by atoms with Crippen molar-refractivity contribution in [2.24, 2.45) is 16.7 Å². The summed E-state index contributed by atoms with van der Waals surface area (Å²) in [7, 11) is 0. The fourth-order valence-electron chi connectivity index (χ4n) is 5.67. The molecular formula is C40H69N7O6. The number of hydrogen-bond donors (Lipinski definition) is 4. The van der Waals surface area contributed by atoms with Crippen molar-refractivity contribution in [3.05, 3.63) is 35.9 Å². The Labute approximate surface area is 318 Å². The van der Waals surface area contributed by atoms with Crippen molar-refractivity contribution in [1.29, 1.82) is 0 Å². The summed E-state index contributed by atoms with van der Waals surface area (Å²) in [6, 6.07) is 6.77. The second kappa shape index (κ2) is 22.1. The van der Waals surface area contributed by atoms with E-state index >= 15 is 0 Å². The van der Waals surface area contributed by atoms with E-state index in [0.29, 0.717) is 25.8 Å². The lowest BCUT2D eigenvalue weighted by Gasteiger charge is -2.39. The zero-order valence-electron chi connectivity index (χ0n) is 34.6. The highest BCUT2D eigenvalue weighted by molar-refractivity contribution is 5.98. The van der Waals surface area contributed by atoms with Crippen molar-refractivity contribution in [3.63, 3.8) is 0 Å². The first-order valence-electron chi connectivity index (χ1n) is 19.3. The average Bonchev–Trinajstić information content (AvgIpc) is 3.54. The summed E-state index contributed by atoms with van der Waals surface area (Å²) in [5.74, 6) is -0.620. The van der Waals surface area contributed by atoms with E-state index in [0.717, 1.165) is 11.5 Å². The number of benzene rings is 1. The van der Waals surface area contributed by atoms with Gasteiger partial charge < -0.3 is 20.9 Å². The van der Waals surface area contributed by atoms with Gasteiger partial charge in [0.15, 0.2) is 0 Å². The lowest BCUT2D eigenvalue weighted by Crippen LogP contribution is -2.58. The van der Waals surface area contributed by atoms with Crippen LogP contribution in [0.2, 0.25) is 0 Å². The number of hydrogen-bond acceptors (Lipinski definition) is 6. The predicted octanol–water partition coefficient (Wildman–Crippen LogP) is 6.16. The van der Waals surface area contributed by atoms with Gasteiger partial charge >= 0.3 is 12.1 Å². The van der Waals surface area contributed by atoms with Gasteiger partial charge in [0.2, 0.25) is 17.7 Å². The van der Waals surface area contributed by atoms with Gasteiger partial charge in [-0.15, -0.1) is 0 Å². The summed E-state index contributed by atoms with van der Waals surface area (Å²) in [6.07, 6.45) is 3.37. The molecule has 1 aromatic carbocycles. The molecule has 4 N–H and O–H groups in total. The molecule has 2 aliphatic rings. The van der Waals surface area contributed by atoms with E-state index in [4.69, 9.17) is 0 Å². The maximum atomic E-state index is 13.3. The van der Waals surface area contributed by atoms with E-state index in [-0.39, 0.29) is 50.3 Å². The number of carbonyl (C=O) groups is 6. The Bertz CT molecular complexity index is 1320. The summed E-state index contributed by atoms with van der Waals surface area (Å²) in [5, 5.41) is 9.54. The molecule has 2 aliphatic heterocycles. The number of carbonyl (C=O) groups excluding carboxylic acids is 6. The van der Waals surface area contributed by atoms with Gasteiger partial charge in [0.05, 0.1) is 18.6 Å². The highest BCUT2D eigenvalue weighted by Gasteiger charge is 2.40. The molecule has 3 unspecified atom stereocenters. The number of nitrogens with one attached hydrogen (secondary N) is 4. The molecule has 13 heteroatoms. The molecule has 300 valence electrons. The zero-order valence-corrected chi connectivity index (χ0v) is 34.6. The minimum atomic E-state index is -0.793. The van der Waals surface area contributed by atoms with E-state index in [2.05, 4.69) is 56.0 Å². The third-order valence-electron chi connectivity index (χ3n) is 8.43. The quantitative estimate of drug-likeness (QED) is 0.166. The molecule has 0 radical (unpaired) electrons. The topological polar surface area (TPSA) is 160 Å². The van der Waals surface area contributed by atoms with Crippen LogP contribution in [0.1, 0.15) is 133 Å². The molecule has 0 bridgehead atoms. The van der Waals surface area contributed by atoms with Crippen LogP contribution in [0.5, 0.6) is 0 Å². The van der Waals surface area contributed by atoms with Gasteiger partial charge in [-0.05, 0) is 48.5 Å². The van der Waals surface area contributed by atoms with Gasteiger partial charge in [0, 0.05) is 32.5 Å². The lowest BCUT2D eigenvalue weighted by atomic mass is 9.80. The minimum Gasteiger partial charge on any atom is -0.333 e. The first kappa shape index (κ1) is 46.9. The molecule has 0 saturated carbocycles. The molecule has 2 heterocycles. The van der Waals surface area contributed by atoms with Crippen molar-refractivity contribution in [3.8, 4) is 0 Å². The standard InChI is InChI=1S/C33H51N7O6.C4H10.C3H8/c1-8-16-40(31(46)35-22(2)23-13-10-9-11-14-23)37-29(44)24-15-12-17-38(24)28(43)20-34-30(45)36-25(32(3,4)5)21-39-26(41)18-33(6,7)19-27(39)42;1-4(2)3;1-3-2/h9-11,13-14,22,24-25H,8,12,15-21H2,1-7H3,(H,35,46)(H,37,44)(H2,34,36,45);4H,1-3H3;3H2,1-2H3. The summed E-state index contributed by atoms with van der Waals surface area (Å²) in [5.41, 5.74) is 2.71. The largest absolute Gasteiger partial charge is 0.336 e. The van der Waals surface area contributed by atoms with Crippen LogP contribution in [0.25, 0.3) is 0 Å². The number of piperidine rings is 1. The molecule has 13 nitrogen and oxygen atoms in total. The van der Waals surface area contributed by atoms with E-state index in [1.165, 1.54) is 21.2 Å². The SMILES string of the molecule is CC(C)C.CCC.CCCN(NC(=O)C1CCCN1C(=O)CNC(=O)NC(CN1C(=O)CC(C)(C)CC1=O)C(C)(C)C)C(=O)NC(C)c1ccccc1. The highest BCUT2D eigenvalue weighted by Crippen LogP contribution is 2.32. The molecule has 2 saturated heterocycles. The van der Waals surface area contributed by atoms with Gasteiger partial charge in [0.25, 0.3) is 5.91 Å². The van der Waals surface area contributed by atoms with Crippen molar-refractivity contribution in [1.82, 2.24) is 36.2 Å². The molecule has 1 aromatic rings. The number of amides is 8. The maximum Gasteiger partial charge on any atom is 0.336 e. The monoisotopic (exact) mass is 744 g/mol. The molecule has 3 atom stereocenters. The van der Waals surface area contributed by atoms with Crippen molar-refractivity contribution in [2.75, 3.05) is 26.2 Å². The third-order valence-corrected chi connectivity index (χ3v) is 8.43. The van der Waals surface area contributed by atoms with Crippen molar-refractivity contribution >= 4 is 35.7 Å². The van der Waals surface area contributed by atoms with Gasteiger partial charge in [-0.3, -0.25) is 29.5 Å². The van der Waals surface area contributed by atoms with Crippen LogP contribution in [0.15, 0.2) is 30.3 Å². The van der Waals surface area contributed by atoms with Gasteiger partial charge in [-0.25, -0.2) is 14.6 Å². The fraction of sp³-hybridized carbons (Fsp3) is 0.700. The molecular weight excluding hydrogens is 674 g/mol. The molecule has 2 fully saturated rings. The first-order valence-corrected chi connectivity index (χ1v) is 19.3. The highest BCUT2D eigenvalue weighted by atomic mass is 16.2. The Balaban J connectivity index is 0.00000184. The van der Waals surface area contributed by atoms with Crippen molar-refractivity contribution < 1.29 is 28.8 Å². The van der Waals surface area contributed by atoms with E-state index in [1.807, 2.05) is 78.8 Å². The van der Waals surface area contributed by atoms with E-state index in [1.54, 1.807) is 0 Å². The molecule has 0 spiro atoms. The molecule has 3 rings (SSSR count). The fourth-order valence-corrected chi connectivity index (χ4v) is 5.67. The molecule has 0 aromatic heterocycles. The van der Waals surface area contributed by atoms with Gasteiger partial charge in [0.1, 0.15) is 6.04 Å². The van der Waals surface area contributed by atoms with Gasteiger partial charge in [-0.1, -0.05) is 113 Å². The Morgan fingerprint density at radius 2 is 1.47 bits per heavy atom. The Morgan fingerprint density at radius 1 is 0.925 bits per heavy atom. The van der Waals surface area contributed by atoms with E-state index in [9.17, 15) is 28.8 Å². The second-order valence-corrected chi connectivity index (χ2v) is 16.6. The number of nitrogens with zero attached hydrogens (tertiary/aromatic N) is 3. The molecule has 53 heavy (non-hydrogen) atoms. The average molecular weight is 744 g/mol. The van der Waals surface area contributed by atoms with Crippen LogP contribution in [0.3, 0.4) is 0 Å². The zero-order chi connectivity index (χ0) is 40.5. The normalized spacial score (nSPS) is 17.7. The molecule has 0 aliphatic carbocycles. The molecule has 8 amide bonds. The van der Waals surface area contributed by atoms with E-state index < -0.39 is 46.8 Å². The maximum absolute atomic E-state index is 13.3. The number of rotatable bonds is 10. The summed E-state index contributed by atoms with van der Waals surface area (Å²) >= 11 is 0. The van der Waals surface area contributed by atoms with Crippen LogP contribution in [-0.2, 0) is 19.2 Å². The number of likely N-dealkylation sites (tertiary alicyclic amines) is 2. The van der Waals surface area contributed by atoms with Crippen LogP contribution >= 0.6 is 0 Å². The summed E-state index contributed by atoms with van der Waals surface area (Å²) in [4.78, 5) is 80.5. The van der Waals surface area contributed by atoms with Crippen molar-refractivity contribution in [2.45, 2.75) is 140 Å². The van der Waals surface area contributed by atoms with Crippen LogP contribution in [0.4, 0.5) is 9.59 Å². The third kappa shape index (κ3) is 16.6. The summed E-state index contributed by atoms with van der Waals surface area (Å²) < 4.78 is 0. The van der Waals surface area contributed by atoms with Crippen LogP contribution < -0.4 is 21.4 Å². The minimum absolute atomic E-state index is 0.0267. The first-order chi connectivity index (χ1) is 24.7. The number of imide groups is 1. The van der Waals surface area contributed by atoms with Gasteiger partial charge in [-0.2, -0.15) is 0 Å².